The summed E-state index contributed by atoms with van der Waals surface area (Å²) in [6.45, 7) is 3.01. The van der Waals surface area contributed by atoms with E-state index in [1.807, 2.05) is 6.92 Å². The molecule has 1 N–H and O–H groups in total. The topological polar surface area (TPSA) is 36.4 Å². The number of aromatic nitrogens is 1. The lowest BCUT2D eigenvalue weighted by molar-refractivity contribution is 0.281. The van der Waals surface area contributed by atoms with Crippen molar-refractivity contribution >= 4 is 11.4 Å². The molecule has 0 unspecified atom stereocenters. The van der Waals surface area contributed by atoms with Gasteiger partial charge in [0.15, 0.2) is 0 Å². The van der Waals surface area contributed by atoms with E-state index in [0.717, 1.165) is 36.3 Å². The molecule has 2 aromatic rings. The van der Waals surface area contributed by atoms with Crippen molar-refractivity contribution in [3.05, 3.63) is 53.3 Å². The van der Waals surface area contributed by atoms with Gasteiger partial charge in [-0.05, 0) is 37.5 Å². The second-order valence-corrected chi connectivity index (χ2v) is 5.00. The van der Waals surface area contributed by atoms with Gasteiger partial charge in [0.05, 0.1) is 6.61 Å². The first-order chi connectivity index (χ1) is 9.29. The van der Waals surface area contributed by atoms with Gasteiger partial charge in [-0.1, -0.05) is 18.2 Å². The molecule has 0 saturated carbocycles. The molecule has 1 aliphatic heterocycles. The van der Waals surface area contributed by atoms with Gasteiger partial charge in [-0.25, -0.2) is 0 Å². The molecule has 1 aromatic heterocycles. The van der Waals surface area contributed by atoms with Crippen LogP contribution in [-0.2, 0) is 13.0 Å². The number of hydrogen-bond donors (Lipinski definition) is 1. The standard InChI is InChI=1S/C16H18N2O/c1-12-9-16(14(11-19)10-17-12)18-8-4-6-13-5-2-3-7-15(13)18/h2-3,5,7,9-10,19H,4,6,8,11H2,1H3. The molecule has 0 amide bonds. The van der Waals surface area contributed by atoms with Crippen molar-refractivity contribution in [2.75, 3.05) is 11.4 Å². The van der Waals surface area contributed by atoms with Gasteiger partial charge in [0.2, 0.25) is 0 Å². The van der Waals surface area contributed by atoms with E-state index in [0.29, 0.717) is 0 Å². The molecule has 1 aliphatic rings. The normalized spacial score (nSPS) is 14.3. The predicted octanol–water partition coefficient (Wildman–Crippen LogP) is 2.97. The number of aliphatic hydroxyl groups excluding tert-OH is 1. The van der Waals surface area contributed by atoms with Crippen LogP contribution in [0.15, 0.2) is 36.5 Å². The number of aliphatic hydroxyl groups is 1. The average Bonchev–Trinajstić information content (AvgIpc) is 2.46. The first kappa shape index (κ1) is 12.2. The Bertz CT molecular complexity index is 595. The van der Waals surface area contributed by atoms with Crippen molar-refractivity contribution in [3.63, 3.8) is 0 Å². The van der Waals surface area contributed by atoms with Gasteiger partial charge in [-0.15, -0.1) is 0 Å². The van der Waals surface area contributed by atoms with Gasteiger partial charge in [-0.2, -0.15) is 0 Å². The minimum atomic E-state index is 0.0290. The van der Waals surface area contributed by atoms with E-state index < -0.39 is 0 Å². The molecule has 0 saturated heterocycles. The summed E-state index contributed by atoms with van der Waals surface area (Å²) >= 11 is 0. The molecular formula is C16H18N2O. The van der Waals surface area contributed by atoms with Gasteiger partial charge < -0.3 is 10.0 Å². The van der Waals surface area contributed by atoms with Gasteiger partial charge in [0, 0.05) is 35.4 Å². The van der Waals surface area contributed by atoms with Crippen LogP contribution in [0.5, 0.6) is 0 Å². The Morgan fingerprint density at radius 2 is 2.11 bits per heavy atom. The molecule has 3 rings (SSSR count). The number of aryl methyl sites for hydroxylation is 2. The summed E-state index contributed by atoms with van der Waals surface area (Å²) in [4.78, 5) is 6.58. The Balaban J connectivity index is 2.11. The van der Waals surface area contributed by atoms with Crippen LogP contribution in [0.1, 0.15) is 23.2 Å². The summed E-state index contributed by atoms with van der Waals surface area (Å²) in [6, 6.07) is 10.6. The maximum Gasteiger partial charge on any atom is 0.0717 e. The lowest BCUT2D eigenvalue weighted by Gasteiger charge is -2.32. The first-order valence-corrected chi connectivity index (χ1v) is 6.71. The SMILES string of the molecule is Cc1cc(N2CCCc3ccccc32)c(CO)cn1. The molecule has 0 fully saturated rings. The van der Waals surface area contributed by atoms with E-state index in [-0.39, 0.29) is 6.61 Å². The summed E-state index contributed by atoms with van der Waals surface area (Å²) in [6.07, 6.45) is 4.05. The summed E-state index contributed by atoms with van der Waals surface area (Å²) in [7, 11) is 0. The maximum absolute atomic E-state index is 9.52. The van der Waals surface area contributed by atoms with Crippen LogP contribution in [0.4, 0.5) is 11.4 Å². The Labute approximate surface area is 113 Å². The average molecular weight is 254 g/mol. The lowest BCUT2D eigenvalue weighted by atomic mass is 10.0. The van der Waals surface area contributed by atoms with Crippen molar-refractivity contribution < 1.29 is 5.11 Å². The van der Waals surface area contributed by atoms with Crippen LogP contribution >= 0.6 is 0 Å². The van der Waals surface area contributed by atoms with Crippen LogP contribution in [-0.4, -0.2) is 16.6 Å². The molecule has 2 heterocycles. The van der Waals surface area contributed by atoms with E-state index in [2.05, 4.69) is 40.2 Å². The second kappa shape index (κ2) is 5.02. The van der Waals surface area contributed by atoms with Crippen molar-refractivity contribution in [1.29, 1.82) is 0 Å². The highest BCUT2D eigenvalue weighted by Crippen LogP contribution is 2.35. The summed E-state index contributed by atoms with van der Waals surface area (Å²) in [5.74, 6) is 0. The molecule has 3 heteroatoms. The van der Waals surface area contributed by atoms with Gasteiger partial charge in [0.25, 0.3) is 0 Å². The number of nitrogens with zero attached hydrogens (tertiary/aromatic N) is 2. The third-order valence-corrected chi connectivity index (χ3v) is 3.67. The van der Waals surface area contributed by atoms with E-state index in [9.17, 15) is 5.11 Å². The van der Waals surface area contributed by atoms with Crippen LogP contribution in [0, 0.1) is 6.92 Å². The zero-order valence-electron chi connectivity index (χ0n) is 11.1. The highest BCUT2D eigenvalue weighted by Gasteiger charge is 2.20. The Morgan fingerprint density at radius 1 is 1.26 bits per heavy atom. The molecule has 1 aromatic carbocycles. The third kappa shape index (κ3) is 2.22. The molecular weight excluding hydrogens is 236 g/mol. The molecule has 0 spiro atoms. The van der Waals surface area contributed by atoms with Crippen molar-refractivity contribution in [1.82, 2.24) is 4.98 Å². The minimum Gasteiger partial charge on any atom is -0.392 e. The van der Waals surface area contributed by atoms with Crippen molar-refractivity contribution in [3.8, 4) is 0 Å². The van der Waals surface area contributed by atoms with Gasteiger partial charge in [-0.3, -0.25) is 4.98 Å². The van der Waals surface area contributed by atoms with E-state index >= 15 is 0 Å². The molecule has 0 radical (unpaired) electrons. The number of rotatable bonds is 2. The van der Waals surface area contributed by atoms with E-state index in [1.54, 1.807) is 6.20 Å². The molecule has 0 atom stereocenters. The summed E-state index contributed by atoms with van der Waals surface area (Å²) in [5, 5.41) is 9.52. The quantitative estimate of drug-likeness (QED) is 0.895. The van der Waals surface area contributed by atoms with Crippen LogP contribution < -0.4 is 4.90 Å². The zero-order chi connectivity index (χ0) is 13.2. The van der Waals surface area contributed by atoms with E-state index in [1.165, 1.54) is 11.3 Å². The number of fused-ring (bicyclic) bond motifs is 1. The Kier molecular flexibility index (Phi) is 3.22. The summed E-state index contributed by atoms with van der Waals surface area (Å²) < 4.78 is 0. The minimum absolute atomic E-state index is 0.0290. The number of hydrogen-bond acceptors (Lipinski definition) is 3. The lowest BCUT2D eigenvalue weighted by Crippen LogP contribution is -2.25. The fourth-order valence-electron chi connectivity index (χ4n) is 2.73. The monoisotopic (exact) mass is 254 g/mol. The van der Waals surface area contributed by atoms with Crippen LogP contribution in [0.25, 0.3) is 0 Å². The third-order valence-electron chi connectivity index (χ3n) is 3.67. The smallest absolute Gasteiger partial charge is 0.0717 e. The van der Waals surface area contributed by atoms with Crippen LogP contribution in [0.3, 0.4) is 0 Å². The Morgan fingerprint density at radius 3 is 2.95 bits per heavy atom. The largest absolute Gasteiger partial charge is 0.392 e. The number of pyridine rings is 1. The fraction of sp³-hybridized carbons (Fsp3) is 0.312. The number of anilines is 2. The maximum atomic E-state index is 9.52. The summed E-state index contributed by atoms with van der Waals surface area (Å²) in [5.41, 5.74) is 5.60. The van der Waals surface area contributed by atoms with Gasteiger partial charge in [0.1, 0.15) is 0 Å². The van der Waals surface area contributed by atoms with Gasteiger partial charge >= 0.3 is 0 Å². The second-order valence-electron chi connectivity index (χ2n) is 5.00. The fourth-order valence-corrected chi connectivity index (χ4v) is 2.73. The molecule has 98 valence electrons. The highest BCUT2D eigenvalue weighted by molar-refractivity contribution is 5.70. The van der Waals surface area contributed by atoms with Crippen molar-refractivity contribution in [2.24, 2.45) is 0 Å². The number of para-hydroxylation sites is 1. The molecule has 3 nitrogen and oxygen atoms in total. The Hall–Kier alpha value is -1.87. The van der Waals surface area contributed by atoms with Crippen LogP contribution in [0.2, 0.25) is 0 Å². The van der Waals surface area contributed by atoms with Crippen molar-refractivity contribution in [2.45, 2.75) is 26.4 Å². The highest BCUT2D eigenvalue weighted by atomic mass is 16.3. The molecule has 0 aliphatic carbocycles. The number of benzene rings is 1. The predicted molar refractivity (Wildman–Crippen MR) is 76.7 cm³/mol. The zero-order valence-corrected chi connectivity index (χ0v) is 11.1. The van der Waals surface area contributed by atoms with E-state index in [4.69, 9.17) is 0 Å². The molecule has 0 bridgehead atoms. The molecule has 19 heavy (non-hydrogen) atoms. The first-order valence-electron chi connectivity index (χ1n) is 6.71.